The summed E-state index contributed by atoms with van der Waals surface area (Å²) in [5.74, 6) is 1.06. The van der Waals surface area contributed by atoms with Crippen molar-refractivity contribution in [2.24, 2.45) is 0 Å². The summed E-state index contributed by atoms with van der Waals surface area (Å²) in [6.45, 7) is 0. The highest BCUT2D eigenvalue weighted by Gasteiger charge is 2.07. The minimum Gasteiger partial charge on any atom is -0.469 e. The summed E-state index contributed by atoms with van der Waals surface area (Å²) in [7, 11) is 0. The molecule has 0 aliphatic carbocycles. The molecule has 1 aromatic heterocycles. The molecule has 1 atom stereocenters. The Labute approximate surface area is 118 Å². The first kappa shape index (κ1) is 12.9. The third-order valence-corrected chi connectivity index (χ3v) is 3.96. The van der Waals surface area contributed by atoms with Crippen LogP contribution in [0.4, 0.5) is 0 Å². The molecule has 0 aliphatic rings. The van der Waals surface area contributed by atoms with Crippen molar-refractivity contribution in [3.63, 3.8) is 0 Å². The van der Waals surface area contributed by atoms with Crippen LogP contribution in [0.25, 0.3) is 0 Å². The monoisotopic (exact) mass is 356 g/mol. The van der Waals surface area contributed by atoms with E-state index in [1.165, 1.54) is 5.56 Å². The molecule has 1 heterocycles. The van der Waals surface area contributed by atoms with E-state index in [4.69, 9.17) is 4.42 Å². The minimum atomic E-state index is 0.494. The van der Waals surface area contributed by atoms with Gasteiger partial charge in [0, 0.05) is 15.7 Å². The molecule has 0 N–H and O–H groups in total. The number of alkyl halides is 1. The van der Waals surface area contributed by atoms with Crippen LogP contribution >= 0.6 is 31.9 Å². The van der Waals surface area contributed by atoms with Crippen molar-refractivity contribution in [2.75, 3.05) is 0 Å². The molecule has 2 rings (SSSR count). The number of benzene rings is 1. The van der Waals surface area contributed by atoms with Crippen molar-refractivity contribution in [2.45, 2.75) is 24.1 Å². The zero-order valence-corrected chi connectivity index (χ0v) is 12.6. The molecule has 0 fully saturated rings. The van der Waals surface area contributed by atoms with Gasteiger partial charge in [0.2, 0.25) is 0 Å². The van der Waals surface area contributed by atoms with E-state index in [-0.39, 0.29) is 0 Å². The highest BCUT2D eigenvalue weighted by molar-refractivity contribution is 9.10. The summed E-state index contributed by atoms with van der Waals surface area (Å²) < 4.78 is 6.45. The number of rotatable bonds is 5. The van der Waals surface area contributed by atoms with Gasteiger partial charge in [0.15, 0.2) is 0 Å². The highest BCUT2D eigenvalue weighted by Crippen LogP contribution is 2.18. The topological polar surface area (TPSA) is 13.1 Å². The Hall–Kier alpha value is -0.540. The van der Waals surface area contributed by atoms with Gasteiger partial charge in [0.1, 0.15) is 5.76 Å². The van der Waals surface area contributed by atoms with Crippen LogP contribution in [0, 0.1) is 0 Å². The third-order valence-electron chi connectivity index (χ3n) is 2.65. The highest BCUT2D eigenvalue weighted by atomic mass is 79.9. The molecule has 0 amide bonds. The van der Waals surface area contributed by atoms with Gasteiger partial charge in [-0.2, -0.15) is 0 Å². The van der Waals surface area contributed by atoms with Crippen molar-refractivity contribution in [3.8, 4) is 0 Å². The fourth-order valence-electron chi connectivity index (χ4n) is 1.73. The Kier molecular flexibility index (Phi) is 4.86. The number of furan rings is 1. The van der Waals surface area contributed by atoms with Crippen LogP contribution in [0.1, 0.15) is 17.7 Å². The molecule has 0 bridgehead atoms. The molecular formula is C14H14Br2O. The lowest BCUT2D eigenvalue weighted by Gasteiger charge is -2.08. The lowest BCUT2D eigenvalue weighted by molar-refractivity contribution is 0.500. The average Bonchev–Trinajstić information content (AvgIpc) is 2.83. The molecule has 1 unspecified atom stereocenters. The first-order valence-corrected chi connectivity index (χ1v) is 7.36. The standard InChI is InChI=1S/C14H14Br2O/c15-12-5-3-11(4-6-12)10-13(16)7-8-14-2-1-9-17-14/h1-6,9,13H,7-8,10H2. The Morgan fingerprint density at radius 1 is 1.12 bits per heavy atom. The molecule has 0 spiro atoms. The van der Waals surface area contributed by atoms with Gasteiger partial charge in [0.25, 0.3) is 0 Å². The SMILES string of the molecule is Brc1ccc(CC(Br)CCc2ccco2)cc1. The smallest absolute Gasteiger partial charge is 0.103 e. The van der Waals surface area contributed by atoms with E-state index in [2.05, 4.69) is 56.1 Å². The second-order valence-electron chi connectivity index (χ2n) is 4.05. The Bertz CT molecular complexity index is 434. The van der Waals surface area contributed by atoms with Gasteiger partial charge < -0.3 is 4.42 Å². The molecule has 0 radical (unpaired) electrons. The van der Waals surface area contributed by atoms with E-state index in [1.807, 2.05) is 12.1 Å². The van der Waals surface area contributed by atoms with E-state index < -0.39 is 0 Å². The molecule has 1 nitrogen and oxygen atoms in total. The van der Waals surface area contributed by atoms with E-state index in [0.717, 1.165) is 29.5 Å². The van der Waals surface area contributed by atoms with E-state index in [0.29, 0.717) is 4.83 Å². The van der Waals surface area contributed by atoms with Crippen LogP contribution < -0.4 is 0 Å². The molecule has 1 aromatic carbocycles. The maximum absolute atomic E-state index is 5.32. The van der Waals surface area contributed by atoms with Crippen LogP contribution in [-0.2, 0) is 12.8 Å². The van der Waals surface area contributed by atoms with Gasteiger partial charge in [-0.25, -0.2) is 0 Å². The predicted octanol–water partition coefficient (Wildman–Crippen LogP) is 4.98. The van der Waals surface area contributed by atoms with E-state index in [9.17, 15) is 0 Å². The summed E-state index contributed by atoms with van der Waals surface area (Å²) in [4.78, 5) is 0.494. The second kappa shape index (κ2) is 6.41. The van der Waals surface area contributed by atoms with Crippen molar-refractivity contribution in [3.05, 3.63) is 58.5 Å². The van der Waals surface area contributed by atoms with Crippen LogP contribution in [-0.4, -0.2) is 4.83 Å². The van der Waals surface area contributed by atoms with Gasteiger partial charge in [-0.1, -0.05) is 44.0 Å². The maximum Gasteiger partial charge on any atom is 0.103 e. The molecule has 17 heavy (non-hydrogen) atoms. The second-order valence-corrected chi connectivity index (χ2v) is 6.26. The average molecular weight is 358 g/mol. The molecule has 0 saturated heterocycles. The first-order chi connectivity index (χ1) is 8.24. The van der Waals surface area contributed by atoms with Gasteiger partial charge >= 0.3 is 0 Å². The van der Waals surface area contributed by atoms with E-state index >= 15 is 0 Å². The maximum atomic E-state index is 5.32. The molecule has 2 aromatic rings. The van der Waals surface area contributed by atoms with Crippen LogP contribution in [0.2, 0.25) is 0 Å². The first-order valence-electron chi connectivity index (χ1n) is 5.65. The van der Waals surface area contributed by atoms with Gasteiger partial charge in [-0.05, 0) is 42.7 Å². The fourth-order valence-corrected chi connectivity index (χ4v) is 2.60. The zero-order chi connectivity index (χ0) is 12.1. The van der Waals surface area contributed by atoms with Gasteiger partial charge in [-0.3, -0.25) is 0 Å². The summed E-state index contributed by atoms with van der Waals surface area (Å²) in [6.07, 6.45) is 4.85. The summed E-state index contributed by atoms with van der Waals surface area (Å²) in [6, 6.07) is 12.5. The predicted molar refractivity (Wildman–Crippen MR) is 77.6 cm³/mol. The van der Waals surface area contributed by atoms with Crippen LogP contribution in [0.3, 0.4) is 0 Å². The lowest BCUT2D eigenvalue weighted by atomic mass is 10.1. The lowest BCUT2D eigenvalue weighted by Crippen LogP contribution is -2.04. The Morgan fingerprint density at radius 3 is 2.53 bits per heavy atom. The fraction of sp³-hybridized carbons (Fsp3) is 0.286. The summed E-state index contributed by atoms with van der Waals surface area (Å²) >= 11 is 7.17. The normalized spacial score (nSPS) is 12.6. The molecular weight excluding hydrogens is 344 g/mol. The van der Waals surface area contributed by atoms with Gasteiger partial charge in [-0.15, -0.1) is 0 Å². The molecule has 3 heteroatoms. The quantitative estimate of drug-likeness (QED) is 0.687. The summed E-state index contributed by atoms with van der Waals surface area (Å²) in [5.41, 5.74) is 1.36. The largest absolute Gasteiger partial charge is 0.469 e. The third kappa shape index (κ3) is 4.32. The van der Waals surface area contributed by atoms with Crippen molar-refractivity contribution < 1.29 is 4.42 Å². The van der Waals surface area contributed by atoms with Crippen molar-refractivity contribution in [1.82, 2.24) is 0 Å². The van der Waals surface area contributed by atoms with Gasteiger partial charge in [0.05, 0.1) is 6.26 Å². The Morgan fingerprint density at radius 2 is 1.88 bits per heavy atom. The van der Waals surface area contributed by atoms with Crippen LogP contribution in [0.15, 0.2) is 51.6 Å². The molecule has 0 saturated carbocycles. The zero-order valence-electron chi connectivity index (χ0n) is 9.40. The summed E-state index contributed by atoms with van der Waals surface area (Å²) in [5, 5.41) is 0. The van der Waals surface area contributed by atoms with Crippen molar-refractivity contribution in [1.29, 1.82) is 0 Å². The molecule has 90 valence electrons. The number of halogens is 2. The van der Waals surface area contributed by atoms with E-state index in [1.54, 1.807) is 6.26 Å². The van der Waals surface area contributed by atoms with Crippen LogP contribution in [0.5, 0.6) is 0 Å². The molecule has 0 aliphatic heterocycles. The number of hydrogen-bond acceptors (Lipinski definition) is 1. The number of aryl methyl sites for hydroxylation is 1. The van der Waals surface area contributed by atoms with Crippen molar-refractivity contribution >= 4 is 31.9 Å². The number of hydrogen-bond donors (Lipinski definition) is 0. The minimum absolute atomic E-state index is 0.494. The Balaban J connectivity index is 1.80.